The lowest BCUT2D eigenvalue weighted by Crippen LogP contribution is -2.30. The van der Waals surface area contributed by atoms with Crippen molar-refractivity contribution in [2.45, 2.75) is 4.84 Å². The van der Waals surface area contributed by atoms with Gasteiger partial charge in [-0.1, -0.05) is 23.2 Å². The Morgan fingerprint density at radius 2 is 1.86 bits per heavy atom. The molecule has 0 fully saturated rings. The smallest absolute Gasteiger partial charge is 0.260 e. The number of carbonyl (C=O) groups is 1. The molecule has 1 amide bonds. The van der Waals surface area contributed by atoms with Gasteiger partial charge < -0.3 is 10.6 Å². The summed E-state index contributed by atoms with van der Waals surface area (Å²) in [6.45, 7) is 0. The standard InChI is InChI=1S/C9H10Cl2N2O/c1-13(9(14)8(10)11)7-4-2-6(12)3-5-7/h2-5,8H,12H2,1H3. The predicted octanol–water partition coefficient (Wildman–Crippen LogP) is 2.04. The summed E-state index contributed by atoms with van der Waals surface area (Å²) in [7, 11) is 1.60. The van der Waals surface area contributed by atoms with Gasteiger partial charge in [-0.15, -0.1) is 0 Å². The second-order valence-corrected chi connectivity index (χ2v) is 3.89. The van der Waals surface area contributed by atoms with Gasteiger partial charge in [-0.05, 0) is 24.3 Å². The van der Waals surface area contributed by atoms with Gasteiger partial charge in [0.05, 0.1) is 0 Å². The number of benzene rings is 1. The molecule has 0 bridgehead atoms. The Kier molecular flexibility index (Phi) is 3.61. The minimum atomic E-state index is -1.04. The van der Waals surface area contributed by atoms with Crippen LogP contribution in [0, 0.1) is 0 Å². The molecule has 1 aromatic carbocycles. The van der Waals surface area contributed by atoms with Gasteiger partial charge in [0.1, 0.15) is 0 Å². The van der Waals surface area contributed by atoms with Gasteiger partial charge >= 0.3 is 0 Å². The van der Waals surface area contributed by atoms with Crippen LogP contribution in [0.2, 0.25) is 0 Å². The number of alkyl halides is 2. The molecule has 0 aliphatic heterocycles. The predicted molar refractivity (Wildman–Crippen MR) is 59.8 cm³/mol. The van der Waals surface area contributed by atoms with Crippen molar-refractivity contribution in [3.05, 3.63) is 24.3 Å². The molecule has 0 saturated carbocycles. The van der Waals surface area contributed by atoms with Gasteiger partial charge in [0.2, 0.25) is 0 Å². The van der Waals surface area contributed by atoms with Crippen LogP contribution in [0.5, 0.6) is 0 Å². The maximum absolute atomic E-state index is 11.4. The summed E-state index contributed by atoms with van der Waals surface area (Å²) in [4.78, 5) is 11.7. The third-order valence-corrected chi connectivity index (χ3v) is 2.17. The molecule has 76 valence electrons. The number of halogens is 2. The second kappa shape index (κ2) is 4.53. The van der Waals surface area contributed by atoms with Crippen LogP contribution in [-0.2, 0) is 4.79 Å². The van der Waals surface area contributed by atoms with Crippen LogP contribution in [0.15, 0.2) is 24.3 Å². The molecule has 0 spiro atoms. The van der Waals surface area contributed by atoms with E-state index >= 15 is 0 Å². The number of anilines is 2. The van der Waals surface area contributed by atoms with Gasteiger partial charge in [-0.3, -0.25) is 4.79 Å². The first-order chi connectivity index (χ1) is 6.52. The van der Waals surface area contributed by atoms with Crippen molar-refractivity contribution >= 4 is 40.5 Å². The molecular formula is C9H10Cl2N2O. The fourth-order valence-corrected chi connectivity index (χ4v) is 1.26. The summed E-state index contributed by atoms with van der Waals surface area (Å²) in [6, 6.07) is 6.86. The molecule has 0 aliphatic rings. The average molecular weight is 233 g/mol. The Hall–Kier alpha value is -0.930. The summed E-state index contributed by atoms with van der Waals surface area (Å²) >= 11 is 10.9. The highest BCUT2D eigenvalue weighted by atomic mass is 35.5. The largest absolute Gasteiger partial charge is 0.399 e. The number of rotatable bonds is 2. The maximum Gasteiger partial charge on any atom is 0.260 e. The van der Waals surface area contributed by atoms with E-state index in [0.717, 1.165) is 0 Å². The van der Waals surface area contributed by atoms with Gasteiger partial charge in [-0.2, -0.15) is 0 Å². The lowest BCUT2D eigenvalue weighted by molar-refractivity contribution is -0.116. The van der Waals surface area contributed by atoms with E-state index < -0.39 is 4.84 Å². The molecule has 0 heterocycles. The van der Waals surface area contributed by atoms with Crippen molar-refractivity contribution in [2.24, 2.45) is 0 Å². The van der Waals surface area contributed by atoms with Crippen LogP contribution in [0.25, 0.3) is 0 Å². The summed E-state index contributed by atoms with van der Waals surface area (Å²) in [6.07, 6.45) is 0. The van der Waals surface area contributed by atoms with E-state index in [4.69, 9.17) is 28.9 Å². The molecule has 0 radical (unpaired) electrons. The van der Waals surface area contributed by atoms with Crippen molar-refractivity contribution in [2.75, 3.05) is 17.7 Å². The first kappa shape index (κ1) is 11.1. The number of nitrogens with zero attached hydrogens (tertiary/aromatic N) is 1. The lowest BCUT2D eigenvalue weighted by atomic mass is 10.2. The minimum Gasteiger partial charge on any atom is -0.399 e. The van der Waals surface area contributed by atoms with E-state index in [-0.39, 0.29) is 5.91 Å². The summed E-state index contributed by atoms with van der Waals surface area (Å²) < 4.78 is 0. The summed E-state index contributed by atoms with van der Waals surface area (Å²) in [5, 5.41) is 0. The van der Waals surface area contributed by atoms with Crippen molar-refractivity contribution in [3.8, 4) is 0 Å². The van der Waals surface area contributed by atoms with Crippen LogP contribution in [0.3, 0.4) is 0 Å². The molecule has 1 rings (SSSR count). The van der Waals surface area contributed by atoms with Crippen molar-refractivity contribution in [3.63, 3.8) is 0 Å². The Morgan fingerprint density at radius 3 is 2.29 bits per heavy atom. The number of nitrogens with two attached hydrogens (primary N) is 1. The van der Waals surface area contributed by atoms with Gasteiger partial charge in [-0.25, -0.2) is 0 Å². The van der Waals surface area contributed by atoms with Crippen molar-refractivity contribution in [1.82, 2.24) is 0 Å². The summed E-state index contributed by atoms with van der Waals surface area (Å²) in [5.74, 6) is -0.363. The Balaban J connectivity index is 2.84. The Bertz CT molecular complexity index is 324. The quantitative estimate of drug-likeness (QED) is 0.627. The van der Waals surface area contributed by atoms with E-state index in [9.17, 15) is 4.79 Å². The van der Waals surface area contributed by atoms with Crippen LogP contribution in [0.1, 0.15) is 0 Å². The normalized spacial score (nSPS) is 10.3. The van der Waals surface area contributed by atoms with E-state index in [0.29, 0.717) is 11.4 Å². The van der Waals surface area contributed by atoms with Crippen molar-refractivity contribution < 1.29 is 4.79 Å². The fourth-order valence-electron chi connectivity index (χ4n) is 0.972. The number of hydrogen-bond donors (Lipinski definition) is 1. The monoisotopic (exact) mass is 232 g/mol. The zero-order valence-corrected chi connectivity index (χ0v) is 9.09. The molecule has 2 N–H and O–H groups in total. The Labute approximate surface area is 92.4 Å². The van der Waals surface area contributed by atoms with Crippen molar-refractivity contribution in [1.29, 1.82) is 0 Å². The topological polar surface area (TPSA) is 46.3 Å². The highest BCUT2D eigenvalue weighted by Crippen LogP contribution is 2.17. The molecule has 1 aromatic rings. The van der Waals surface area contributed by atoms with Gasteiger partial charge in [0, 0.05) is 18.4 Å². The average Bonchev–Trinajstić information content (AvgIpc) is 2.16. The van der Waals surface area contributed by atoms with E-state index in [1.807, 2.05) is 0 Å². The van der Waals surface area contributed by atoms with Gasteiger partial charge in [0.25, 0.3) is 5.91 Å². The minimum absolute atomic E-state index is 0.363. The van der Waals surface area contributed by atoms with Crippen LogP contribution in [0.4, 0.5) is 11.4 Å². The molecule has 3 nitrogen and oxygen atoms in total. The number of nitrogen functional groups attached to an aromatic ring is 1. The molecule has 0 saturated heterocycles. The Morgan fingerprint density at radius 1 is 1.36 bits per heavy atom. The number of amides is 1. The van der Waals surface area contributed by atoms with Crippen LogP contribution >= 0.6 is 23.2 Å². The van der Waals surface area contributed by atoms with Crippen LogP contribution < -0.4 is 10.6 Å². The molecular weight excluding hydrogens is 223 g/mol. The fraction of sp³-hybridized carbons (Fsp3) is 0.222. The maximum atomic E-state index is 11.4. The molecule has 14 heavy (non-hydrogen) atoms. The highest BCUT2D eigenvalue weighted by molar-refractivity contribution is 6.54. The summed E-state index contributed by atoms with van der Waals surface area (Å²) in [5.41, 5.74) is 6.85. The molecule has 0 unspecified atom stereocenters. The molecule has 0 aromatic heterocycles. The molecule has 0 aliphatic carbocycles. The van der Waals surface area contributed by atoms with Gasteiger partial charge in [0.15, 0.2) is 4.84 Å². The zero-order chi connectivity index (χ0) is 10.7. The highest BCUT2D eigenvalue weighted by Gasteiger charge is 2.17. The third-order valence-electron chi connectivity index (χ3n) is 1.80. The zero-order valence-electron chi connectivity index (χ0n) is 7.58. The first-order valence-corrected chi connectivity index (χ1v) is 4.81. The number of carbonyl (C=O) groups excluding carboxylic acids is 1. The van der Waals surface area contributed by atoms with E-state index in [2.05, 4.69) is 0 Å². The molecule has 5 heteroatoms. The van der Waals surface area contributed by atoms with E-state index in [1.165, 1.54) is 4.90 Å². The third kappa shape index (κ3) is 2.53. The lowest BCUT2D eigenvalue weighted by Gasteiger charge is -2.17. The van der Waals surface area contributed by atoms with E-state index in [1.54, 1.807) is 31.3 Å². The second-order valence-electron chi connectivity index (χ2n) is 2.79. The first-order valence-electron chi connectivity index (χ1n) is 3.93. The van der Waals surface area contributed by atoms with Crippen LogP contribution in [-0.4, -0.2) is 17.8 Å². The number of hydrogen-bond acceptors (Lipinski definition) is 2. The molecule has 0 atom stereocenters. The SMILES string of the molecule is CN(C(=O)C(Cl)Cl)c1ccc(N)cc1.